The molecule has 1 aromatic heterocycles. The van der Waals surface area contributed by atoms with Crippen LogP contribution in [-0.2, 0) is 11.2 Å². The van der Waals surface area contributed by atoms with E-state index in [1.807, 2.05) is 11.3 Å². The molecule has 0 bridgehead atoms. The van der Waals surface area contributed by atoms with Gasteiger partial charge in [0.05, 0.1) is 5.60 Å². The van der Waals surface area contributed by atoms with E-state index < -0.39 is 0 Å². The van der Waals surface area contributed by atoms with E-state index in [0.29, 0.717) is 6.04 Å². The fraction of sp³-hybridized carbons (Fsp3) is 0.692. The Morgan fingerprint density at radius 3 is 3.06 bits per heavy atom. The highest BCUT2D eigenvalue weighted by Gasteiger charge is 2.37. The van der Waals surface area contributed by atoms with Crippen LogP contribution >= 0.6 is 11.3 Å². The van der Waals surface area contributed by atoms with Gasteiger partial charge in [-0.15, -0.1) is 11.3 Å². The second-order valence-corrected chi connectivity index (χ2v) is 5.69. The van der Waals surface area contributed by atoms with E-state index in [0.717, 1.165) is 19.6 Å². The van der Waals surface area contributed by atoms with Crippen LogP contribution in [0.3, 0.4) is 0 Å². The molecule has 0 spiro atoms. The molecular weight excluding hydrogens is 218 g/mol. The van der Waals surface area contributed by atoms with E-state index >= 15 is 0 Å². The molecule has 1 fully saturated rings. The number of nitrogens with one attached hydrogen (secondary N) is 1. The zero-order valence-corrected chi connectivity index (χ0v) is 11.0. The average Bonchev–Trinajstić information content (AvgIpc) is 2.89. The van der Waals surface area contributed by atoms with Crippen LogP contribution in [0.5, 0.6) is 0 Å². The summed E-state index contributed by atoms with van der Waals surface area (Å²) < 4.78 is 5.95. The van der Waals surface area contributed by atoms with E-state index in [9.17, 15) is 0 Å². The Kier molecular flexibility index (Phi) is 4.00. The lowest BCUT2D eigenvalue weighted by Crippen LogP contribution is -2.49. The lowest BCUT2D eigenvalue weighted by molar-refractivity contribution is -0.0108. The van der Waals surface area contributed by atoms with Crippen LogP contribution in [0.25, 0.3) is 0 Å². The molecule has 2 atom stereocenters. The van der Waals surface area contributed by atoms with Gasteiger partial charge in [0.2, 0.25) is 0 Å². The van der Waals surface area contributed by atoms with Crippen molar-refractivity contribution in [1.29, 1.82) is 0 Å². The third-order valence-electron chi connectivity index (χ3n) is 3.42. The predicted octanol–water partition coefficient (Wildman–Crippen LogP) is 2.84. The zero-order chi connectivity index (χ0) is 11.4. The third-order valence-corrected chi connectivity index (χ3v) is 4.32. The Balaban J connectivity index is 2.04. The van der Waals surface area contributed by atoms with Crippen LogP contribution in [0, 0.1) is 0 Å². The van der Waals surface area contributed by atoms with Gasteiger partial charge in [0.25, 0.3) is 0 Å². The summed E-state index contributed by atoms with van der Waals surface area (Å²) in [5.41, 5.74) is 0.0278. The van der Waals surface area contributed by atoms with Gasteiger partial charge < -0.3 is 10.1 Å². The van der Waals surface area contributed by atoms with E-state index in [1.54, 1.807) is 0 Å². The molecule has 0 saturated carbocycles. The van der Waals surface area contributed by atoms with Crippen molar-refractivity contribution in [2.45, 2.75) is 44.8 Å². The summed E-state index contributed by atoms with van der Waals surface area (Å²) in [5.74, 6) is 0. The summed E-state index contributed by atoms with van der Waals surface area (Å²) in [4.78, 5) is 1.45. The second-order valence-electron chi connectivity index (χ2n) is 4.66. The van der Waals surface area contributed by atoms with Crippen LogP contribution < -0.4 is 5.32 Å². The number of hydrogen-bond acceptors (Lipinski definition) is 3. The molecule has 90 valence electrons. The van der Waals surface area contributed by atoms with Gasteiger partial charge in [-0.05, 0) is 44.2 Å². The van der Waals surface area contributed by atoms with Crippen molar-refractivity contribution in [2.24, 2.45) is 0 Å². The molecule has 0 radical (unpaired) electrons. The minimum Gasteiger partial charge on any atom is -0.374 e. The molecule has 1 aliphatic heterocycles. The van der Waals surface area contributed by atoms with E-state index in [2.05, 4.69) is 36.7 Å². The van der Waals surface area contributed by atoms with Crippen LogP contribution in [0.2, 0.25) is 0 Å². The molecule has 16 heavy (non-hydrogen) atoms. The first-order chi connectivity index (χ1) is 7.74. The maximum atomic E-state index is 5.95. The maximum Gasteiger partial charge on any atom is 0.0811 e. The van der Waals surface area contributed by atoms with Crippen molar-refractivity contribution < 1.29 is 4.74 Å². The maximum absolute atomic E-state index is 5.95. The van der Waals surface area contributed by atoms with Gasteiger partial charge in [-0.3, -0.25) is 0 Å². The number of likely N-dealkylation sites (N-methyl/N-ethyl adjacent to an activating group) is 1. The molecule has 2 unspecified atom stereocenters. The summed E-state index contributed by atoms with van der Waals surface area (Å²) in [6.45, 7) is 6.35. The minimum absolute atomic E-state index is 0.0278. The zero-order valence-electron chi connectivity index (χ0n) is 10.2. The summed E-state index contributed by atoms with van der Waals surface area (Å²) >= 11 is 1.84. The largest absolute Gasteiger partial charge is 0.374 e. The van der Waals surface area contributed by atoms with E-state index in [1.165, 1.54) is 17.7 Å². The van der Waals surface area contributed by atoms with Crippen molar-refractivity contribution in [3.63, 3.8) is 0 Å². The third kappa shape index (κ3) is 2.65. The Hall–Kier alpha value is -0.380. The normalized spacial score (nSPS) is 27.1. The minimum atomic E-state index is 0.0278. The highest BCUT2D eigenvalue weighted by molar-refractivity contribution is 7.09. The number of thiophene rings is 1. The summed E-state index contributed by atoms with van der Waals surface area (Å²) in [6, 6.07) is 4.78. The van der Waals surface area contributed by atoms with E-state index in [4.69, 9.17) is 4.74 Å². The fourth-order valence-corrected chi connectivity index (χ4v) is 3.21. The monoisotopic (exact) mass is 239 g/mol. The number of rotatable bonds is 5. The highest BCUT2D eigenvalue weighted by atomic mass is 32.1. The van der Waals surface area contributed by atoms with Crippen LogP contribution in [0.4, 0.5) is 0 Å². The Morgan fingerprint density at radius 2 is 2.50 bits per heavy atom. The Labute approximate surface area is 102 Å². The van der Waals surface area contributed by atoms with Gasteiger partial charge in [0.15, 0.2) is 0 Å². The SMILES string of the molecule is CCNC(Cc1cccs1)C1(C)CCCO1. The molecule has 1 saturated heterocycles. The molecule has 1 N–H and O–H groups in total. The molecule has 0 aromatic carbocycles. The van der Waals surface area contributed by atoms with Gasteiger partial charge in [-0.1, -0.05) is 13.0 Å². The number of hydrogen-bond donors (Lipinski definition) is 1. The quantitative estimate of drug-likeness (QED) is 0.853. The van der Waals surface area contributed by atoms with Crippen molar-refractivity contribution in [2.75, 3.05) is 13.2 Å². The Morgan fingerprint density at radius 1 is 1.62 bits per heavy atom. The van der Waals surface area contributed by atoms with Gasteiger partial charge in [0, 0.05) is 17.5 Å². The van der Waals surface area contributed by atoms with Crippen LogP contribution in [0.1, 0.15) is 31.6 Å². The Bertz CT molecular complexity index is 304. The molecule has 0 aliphatic carbocycles. The smallest absolute Gasteiger partial charge is 0.0811 e. The van der Waals surface area contributed by atoms with Crippen molar-refractivity contribution in [3.05, 3.63) is 22.4 Å². The molecule has 2 heterocycles. The molecule has 1 aliphatic rings. The lowest BCUT2D eigenvalue weighted by atomic mass is 9.90. The lowest BCUT2D eigenvalue weighted by Gasteiger charge is -2.33. The fourth-order valence-electron chi connectivity index (χ4n) is 2.46. The van der Waals surface area contributed by atoms with Gasteiger partial charge in [0.1, 0.15) is 0 Å². The summed E-state index contributed by atoms with van der Waals surface area (Å²) in [7, 11) is 0. The standard InChI is InChI=1S/C13H21NOS/c1-3-14-12(10-11-6-4-9-16-11)13(2)7-5-8-15-13/h4,6,9,12,14H,3,5,7-8,10H2,1-2H3. The second kappa shape index (κ2) is 5.30. The number of ether oxygens (including phenoxy) is 1. The molecule has 3 heteroatoms. The first kappa shape index (κ1) is 12.1. The summed E-state index contributed by atoms with van der Waals surface area (Å²) in [5, 5.41) is 5.73. The summed E-state index contributed by atoms with van der Waals surface area (Å²) in [6.07, 6.45) is 3.46. The van der Waals surface area contributed by atoms with Crippen molar-refractivity contribution in [1.82, 2.24) is 5.32 Å². The molecule has 0 amide bonds. The van der Waals surface area contributed by atoms with Crippen LogP contribution in [-0.4, -0.2) is 24.8 Å². The topological polar surface area (TPSA) is 21.3 Å². The van der Waals surface area contributed by atoms with Crippen molar-refractivity contribution in [3.8, 4) is 0 Å². The van der Waals surface area contributed by atoms with Gasteiger partial charge >= 0.3 is 0 Å². The molecule has 2 rings (SSSR count). The molecular formula is C13H21NOS. The van der Waals surface area contributed by atoms with Crippen molar-refractivity contribution >= 4 is 11.3 Å². The molecule has 1 aromatic rings. The van der Waals surface area contributed by atoms with E-state index in [-0.39, 0.29) is 5.60 Å². The average molecular weight is 239 g/mol. The van der Waals surface area contributed by atoms with Gasteiger partial charge in [-0.25, -0.2) is 0 Å². The molecule has 2 nitrogen and oxygen atoms in total. The first-order valence-corrected chi connectivity index (χ1v) is 7.02. The highest BCUT2D eigenvalue weighted by Crippen LogP contribution is 2.31. The van der Waals surface area contributed by atoms with Crippen LogP contribution in [0.15, 0.2) is 17.5 Å². The predicted molar refractivity (Wildman–Crippen MR) is 69.1 cm³/mol. The van der Waals surface area contributed by atoms with Gasteiger partial charge in [-0.2, -0.15) is 0 Å². The first-order valence-electron chi connectivity index (χ1n) is 6.14.